The number of carbonyl (C=O) groups excluding carboxylic acids is 1. The minimum atomic E-state index is -0.661. The first-order valence-electron chi connectivity index (χ1n) is 6.87. The van der Waals surface area contributed by atoms with Crippen molar-refractivity contribution in [3.63, 3.8) is 0 Å². The maximum Gasteiger partial charge on any atom is 0.412 e. The zero-order valence-electron chi connectivity index (χ0n) is 12.9. The largest absolute Gasteiger partial charge is 0.444 e. The molecule has 0 unspecified atom stereocenters. The summed E-state index contributed by atoms with van der Waals surface area (Å²) in [6.45, 7) is 11.5. The van der Waals surface area contributed by atoms with Gasteiger partial charge in [-0.1, -0.05) is 0 Å². The van der Waals surface area contributed by atoms with Crippen molar-refractivity contribution < 1.29 is 19.4 Å². The van der Waals surface area contributed by atoms with Crippen LogP contribution in [0.3, 0.4) is 0 Å². The Hall–Kier alpha value is -0.810. The van der Waals surface area contributed by atoms with Crippen LogP contribution >= 0.6 is 0 Å². The van der Waals surface area contributed by atoms with Gasteiger partial charge >= 0.3 is 6.09 Å². The van der Waals surface area contributed by atoms with E-state index in [4.69, 9.17) is 9.47 Å². The smallest absolute Gasteiger partial charge is 0.412 e. The summed E-state index contributed by atoms with van der Waals surface area (Å²) in [6.07, 6.45) is 0.624. The second-order valence-corrected chi connectivity index (χ2v) is 6.69. The van der Waals surface area contributed by atoms with Gasteiger partial charge in [-0.25, -0.2) is 4.79 Å². The molecule has 0 bridgehead atoms. The van der Waals surface area contributed by atoms with Crippen LogP contribution in [0.1, 0.15) is 54.4 Å². The summed E-state index contributed by atoms with van der Waals surface area (Å²) in [6, 6.07) is -0.0422. The predicted molar refractivity (Wildman–Crippen MR) is 72.8 cm³/mol. The van der Waals surface area contributed by atoms with E-state index >= 15 is 0 Å². The summed E-state index contributed by atoms with van der Waals surface area (Å²) in [5.74, 6) is 0. The lowest BCUT2D eigenvalue weighted by Gasteiger charge is -2.35. The number of rotatable bonds is 3. The van der Waals surface area contributed by atoms with Gasteiger partial charge in [-0.3, -0.25) is 4.90 Å². The Morgan fingerprint density at radius 1 is 1.53 bits per heavy atom. The molecule has 1 saturated heterocycles. The molecule has 1 N–H and O–H groups in total. The topological polar surface area (TPSA) is 59.0 Å². The number of nitrogens with zero attached hydrogens (tertiary/aromatic N) is 1. The molecule has 0 aromatic carbocycles. The summed E-state index contributed by atoms with van der Waals surface area (Å²) in [5, 5.41) is 9.38. The molecular formula is C14H27NO4. The molecule has 5 nitrogen and oxygen atoms in total. The summed E-state index contributed by atoms with van der Waals surface area (Å²) < 4.78 is 11.1. The number of aliphatic hydroxyl groups is 1. The van der Waals surface area contributed by atoms with Crippen LogP contribution in [-0.4, -0.2) is 46.2 Å². The van der Waals surface area contributed by atoms with Crippen LogP contribution in [0.2, 0.25) is 0 Å². The van der Waals surface area contributed by atoms with Crippen LogP contribution in [0.5, 0.6) is 0 Å². The number of hydrogen-bond donors (Lipinski definition) is 1. The summed E-state index contributed by atoms with van der Waals surface area (Å²) in [4.78, 5) is 13.9. The minimum Gasteiger partial charge on any atom is -0.444 e. The van der Waals surface area contributed by atoms with E-state index in [2.05, 4.69) is 0 Å². The molecule has 2 atom stereocenters. The minimum absolute atomic E-state index is 0.0422. The fraction of sp³-hybridized carbons (Fsp3) is 0.929. The molecule has 1 heterocycles. The molecule has 5 heteroatoms. The molecule has 1 fully saturated rings. The Labute approximate surface area is 115 Å². The van der Waals surface area contributed by atoms with Crippen LogP contribution in [0.4, 0.5) is 4.79 Å². The van der Waals surface area contributed by atoms with Gasteiger partial charge in [0.05, 0.1) is 18.8 Å². The zero-order valence-corrected chi connectivity index (χ0v) is 12.9. The molecule has 0 aromatic heterocycles. The monoisotopic (exact) mass is 273 g/mol. The van der Waals surface area contributed by atoms with Crippen molar-refractivity contribution in [3.05, 3.63) is 0 Å². The standard InChI is InChI=1S/C14H27NO4/c1-10(16)7-8-11-9-18-14(5,6)15(11)12(17)19-13(2,3)4/h10-11,16H,7-9H2,1-6H3/t10-,11+/m1/s1. The SMILES string of the molecule is C[C@@H](O)CC[C@H]1COC(C)(C)N1C(=O)OC(C)(C)C. The molecule has 1 aliphatic rings. The maximum absolute atomic E-state index is 12.3. The third-order valence-electron chi connectivity index (χ3n) is 3.08. The molecule has 1 rings (SSSR count). The molecule has 0 aromatic rings. The average Bonchev–Trinajstić information content (AvgIpc) is 2.47. The first-order valence-corrected chi connectivity index (χ1v) is 6.87. The summed E-state index contributed by atoms with van der Waals surface area (Å²) in [7, 11) is 0. The highest BCUT2D eigenvalue weighted by Crippen LogP contribution is 2.31. The quantitative estimate of drug-likeness (QED) is 0.858. The van der Waals surface area contributed by atoms with E-state index in [1.807, 2.05) is 34.6 Å². The van der Waals surface area contributed by atoms with E-state index in [0.717, 1.165) is 0 Å². The highest BCUT2D eigenvalue weighted by Gasteiger charge is 2.45. The molecule has 0 saturated carbocycles. The van der Waals surface area contributed by atoms with Gasteiger partial charge in [0.25, 0.3) is 0 Å². The number of carbonyl (C=O) groups is 1. The lowest BCUT2D eigenvalue weighted by atomic mass is 10.1. The number of ether oxygens (including phenoxy) is 2. The predicted octanol–water partition coefficient (Wildman–Crippen LogP) is 2.52. The second kappa shape index (κ2) is 5.67. The number of amides is 1. The molecule has 0 aliphatic carbocycles. The Morgan fingerprint density at radius 3 is 2.58 bits per heavy atom. The molecule has 19 heavy (non-hydrogen) atoms. The third kappa shape index (κ3) is 4.66. The Balaban J connectivity index is 2.75. The highest BCUT2D eigenvalue weighted by molar-refractivity contribution is 5.69. The molecule has 1 amide bonds. The Bertz CT molecular complexity index is 320. The van der Waals surface area contributed by atoms with Gasteiger partial charge in [-0.2, -0.15) is 0 Å². The van der Waals surface area contributed by atoms with Crippen molar-refractivity contribution in [2.45, 2.75) is 77.9 Å². The Morgan fingerprint density at radius 2 is 2.11 bits per heavy atom. The van der Waals surface area contributed by atoms with Gasteiger partial charge in [0.2, 0.25) is 0 Å². The Kier molecular flexibility index (Phi) is 4.85. The fourth-order valence-electron chi connectivity index (χ4n) is 2.21. The third-order valence-corrected chi connectivity index (χ3v) is 3.08. The first-order chi connectivity index (χ1) is 8.53. The zero-order chi connectivity index (χ0) is 14.8. The molecule has 0 radical (unpaired) electrons. The van der Waals surface area contributed by atoms with Crippen LogP contribution in [0.25, 0.3) is 0 Å². The van der Waals surface area contributed by atoms with E-state index in [9.17, 15) is 9.90 Å². The van der Waals surface area contributed by atoms with E-state index < -0.39 is 11.3 Å². The van der Waals surface area contributed by atoms with E-state index in [1.165, 1.54) is 0 Å². The molecule has 112 valence electrons. The van der Waals surface area contributed by atoms with E-state index in [0.29, 0.717) is 19.4 Å². The van der Waals surface area contributed by atoms with Crippen molar-refractivity contribution in [1.29, 1.82) is 0 Å². The van der Waals surface area contributed by atoms with Crippen LogP contribution in [0, 0.1) is 0 Å². The maximum atomic E-state index is 12.3. The van der Waals surface area contributed by atoms with Gasteiger partial charge in [-0.15, -0.1) is 0 Å². The first kappa shape index (κ1) is 16.2. The van der Waals surface area contributed by atoms with E-state index in [-0.39, 0.29) is 18.2 Å². The lowest BCUT2D eigenvalue weighted by molar-refractivity contribution is -0.0629. The fourth-order valence-corrected chi connectivity index (χ4v) is 2.21. The van der Waals surface area contributed by atoms with E-state index in [1.54, 1.807) is 11.8 Å². The van der Waals surface area contributed by atoms with Crippen molar-refractivity contribution in [1.82, 2.24) is 4.90 Å². The molecular weight excluding hydrogens is 246 g/mol. The van der Waals surface area contributed by atoms with Crippen LogP contribution in [0.15, 0.2) is 0 Å². The number of hydrogen-bond acceptors (Lipinski definition) is 4. The van der Waals surface area contributed by atoms with Crippen molar-refractivity contribution >= 4 is 6.09 Å². The summed E-state index contributed by atoms with van der Waals surface area (Å²) >= 11 is 0. The van der Waals surface area contributed by atoms with Gasteiger partial charge in [0.15, 0.2) is 0 Å². The highest BCUT2D eigenvalue weighted by atomic mass is 16.6. The lowest BCUT2D eigenvalue weighted by Crippen LogP contribution is -2.49. The van der Waals surface area contributed by atoms with Gasteiger partial charge in [0.1, 0.15) is 11.3 Å². The van der Waals surface area contributed by atoms with Crippen molar-refractivity contribution in [2.75, 3.05) is 6.61 Å². The van der Waals surface area contributed by atoms with Gasteiger partial charge in [0, 0.05) is 0 Å². The normalized spacial score (nSPS) is 24.4. The molecule has 0 spiro atoms. The molecule has 1 aliphatic heterocycles. The van der Waals surface area contributed by atoms with Gasteiger partial charge in [-0.05, 0) is 54.4 Å². The van der Waals surface area contributed by atoms with Crippen LogP contribution < -0.4 is 0 Å². The van der Waals surface area contributed by atoms with Crippen molar-refractivity contribution in [3.8, 4) is 0 Å². The second-order valence-electron chi connectivity index (χ2n) is 6.69. The van der Waals surface area contributed by atoms with Crippen LogP contribution in [-0.2, 0) is 9.47 Å². The van der Waals surface area contributed by atoms with Gasteiger partial charge < -0.3 is 14.6 Å². The number of aliphatic hydroxyl groups excluding tert-OH is 1. The van der Waals surface area contributed by atoms with Crippen molar-refractivity contribution in [2.24, 2.45) is 0 Å². The summed E-state index contributed by atoms with van der Waals surface area (Å²) in [5.41, 5.74) is -1.18. The average molecular weight is 273 g/mol.